The first-order chi connectivity index (χ1) is 9.06. The fraction of sp³-hybridized carbons (Fsp3) is 0.167. The molecule has 0 saturated carbocycles. The van der Waals surface area contributed by atoms with E-state index < -0.39 is 11.7 Å². The van der Waals surface area contributed by atoms with Crippen LogP contribution in [-0.4, -0.2) is 22.7 Å². The van der Waals surface area contributed by atoms with Crippen molar-refractivity contribution in [2.45, 2.75) is 6.92 Å². The molecule has 0 aliphatic heterocycles. The number of aryl methyl sites for hydroxylation is 1. The number of aromatic nitrogens is 2. The number of nitrogens with zero attached hydrogens (tertiary/aromatic N) is 1. The molecular formula is C12H11BrFN3O2. The number of anilines is 1. The van der Waals surface area contributed by atoms with E-state index >= 15 is 0 Å². The number of rotatable bonds is 4. The quantitative estimate of drug-likeness (QED) is 0.907. The number of carbonyl (C=O) groups is 1. The molecule has 5 nitrogen and oxygen atoms in total. The number of carbonyl (C=O) groups excluding carboxylic acids is 1. The van der Waals surface area contributed by atoms with Gasteiger partial charge in [0.15, 0.2) is 18.2 Å². The Morgan fingerprint density at radius 2 is 2.37 bits per heavy atom. The molecular weight excluding hydrogens is 317 g/mol. The minimum atomic E-state index is -0.528. The summed E-state index contributed by atoms with van der Waals surface area (Å²) in [5.74, 6) is -0.390. The van der Waals surface area contributed by atoms with Crippen LogP contribution in [-0.2, 0) is 4.79 Å². The van der Waals surface area contributed by atoms with Crippen molar-refractivity contribution in [2.75, 3.05) is 11.9 Å². The number of aromatic amines is 1. The van der Waals surface area contributed by atoms with Gasteiger partial charge in [0.25, 0.3) is 5.91 Å². The highest BCUT2D eigenvalue weighted by Gasteiger charge is 2.09. The van der Waals surface area contributed by atoms with E-state index in [1.165, 1.54) is 12.1 Å². The van der Waals surface area contributed by atoms with E-state index in [2.05, 4.69) is 31.4 Å². The summed E-state index contributed by atoms with van der Waals surface area (Å²) >= 11 is 3.14. The number of hydrogen-bond acceptors (Lipinski definition) is 3. The maximum atomic E-state index is 13.4. The minimum Gasteiger partial charge on any atom is -0.481 e. The van der Waals surface area contributed by atoms with Crippen LogP contribution in [0.3, 0.4) is 0 Å². The molecule has 1 heterocycles. The third kappa shape index (κ3) is 3.54. The van der Waals surface area contributed by atoms with E-state index in [9.17, 15) is 9.18 Å². The highest BCUT2D eigenvalue weighted by Crippen LogP contribution is 2.21. The lowest BCUT2D eigenvalue weighted by molar-refractivity contribution is -0.118. The zero-order valence-electron chi connectivity index (χ0n) is 10.0. The molecule has 1 aromatic carbocycles. The van der Waals surface area contributed by atoms with E-state index in [4.69, 9.17) is 4.74 Å². The second-order valence-corrected chi connectivity index (χ2v) is 4.76. The van der Waals surface area contributed by atoms with Gasteiger partial charge >= 0.3 is 0 Å². The summed E-state index contributed by atoms with van der Waals surface area (Å²) in [6, 6.07) is 4.36. The van der Waals surface area contributed by atoms with Crippen LogP contribution < -0.4 is 10.1 Å². The Hall–Kier alpha value is -1.89. The van der Waals surface area contributed by atoms with Crippen LogP contribution in [0.25, 0.3) is 0 Å². The lowest BCUT2D eigenvalue weighted by Gasteiger charge is -2.07. The summed E-state index contributed by atoms with van der Waals surface area (Å²) in [5.41, 5.74) is 0.808. The Kier molecular flexibility index (Phi) is 4.16. The van der Waals surface area contributed by atoms with Crippen LogP contribution in [0.4, 0.5) is 10.2 Å². The lowest BCUT2D eigenvalue weighted by atomic mass is 10.3. The third-order valence-electron chi connectivity index (χ3n) is 2.35. The Labute approximate surface area is 117 Å². The molecule has 0 spiro atoms. The molecule has 2 rings (SSSR count). The van der Waals surface area contributed by atoms with Gasteiger partial charge in [-0.25, -0.2) is 4.39 Å². The number of ether oxygens (including phenoxy) is 1. The predicted molar refractivity (Wildman–Crippen MR) is 71.5 cm³/mol. The van der Waals surface area contributed by atoms with Crippen molar-refractivity contribution in [1.29, 1.82) is 0 Å². The number of H-pyrrole nitrogens is 1. The van der Waals surface area contributed by atoms with E-state index in [0.29, 0.717) is 10.3 Å². The molecule has 1 amide bonds. The number of nitrogens with one attached hydrogen (secondary N) is 2. The Bertz CT molecular complexity index is 600. The summed E-state index contributed by atoms with van der Waals surface area (Å²) in [6.07, 6.45) is 1.59. The van der Waals surface area contributed by atoms with Gasteiger partial charge in [-0.3, -0.25) is 9.89 Å². The molecule has 0 atom stereocenters. The van der Waals surface area contributed by atoms with Gasteiger partial charge in [-0.1, -0.05) is 15.9 Å². The molecule has 0 saturated heterocycles. The van der Waals surface area contributed by atoms with Crippen LogP contribution in [0.1, 0.15) is 5.56 Å². The number of hydrogen-bond donors (Lipinski definition) is 2. The molecule has 0 radical (unpaired) electrons. The summed E-state index contributed by atoms with van der Waals surface area (Å²) in [6.45, 7) is 1.52. The highest BCUT2D eigenvalue weighted by atomic mass is 79.9. The van der Waals surface area contributed by atoms with Crippen LogP contribution in [0.2, 0.25) is 0 Å². The van der Waals surface area contributed by atoms with Crippen molar-refractivity contribution in [3.05, 3.63) is 40.2 Å². The van der Waals surface area contributed by atoms with Crippen LogP contribution in [0, 0.1) is 12.7 Å². The van der Waals surface area contributed by atoms with Gasteiger partial charge in [0.2, 0.25) is 0 Å². The summed E-state index contributed by atoms with van der Waals surface area (Å²) in [7, 11) is 0. The van der Waals surface area contributed by atoms with Gasteiger partial charge in [0.1, 0.15) is 5.82 Å². The number of halogens is 2. The standard InChI is InChI=1S/C12H11BrFN3O2/c1-7-5-15-17-12(7)16-11(18)6-19-10-3-2-8(13)4-9(10)14/h2-5H,6H2,1H3,(H2,15,16,17,18). The molecule has 2 N–H and O–H groups in total. The second kappa shape index (κ2) is 5.83. The molecule has 19 heavy (non-hydrogen) atoms. The Balaban J connectivity index is 1.92. The van der Waals surface area contributed by atoms with Gasteiger partial charge < -0.3 is 10.1 Å². The van der Waals surface area contributed by atoms with Crippen molar-refractivity contribution in [3.8, 4) is 5.75 Å². The highest BCUT2D eigenvalue weighted by molar-refractivity contribution is 9.10. The van der Waals surface area contributed by atoms with Gasteiger partial charge in [-0.15, -0.1) is 0 Å². The third-order valence-corrected chi connectivity index (χ3v) is 2.84. The van der Waals surface area contributed by atoms with Crippen LogP contribution in [0.15, 0.2) is 28.9 Å². The first-order valence-corrected chi connectivity index (χ1v) is 6.23. The average molecular weight is 328 g/mol. The first-order valence-electron chi connectivity index (χ1n) is 5.44. The number of benzene rings is 1. The maximum Gasteiger partial charge on any atom is 0.263 e. The topological polar surface area (TPSA) is 67.0 Å². The molecule has 2 aromatic rings. The van der Waals surface area contributed by atoms with Gasteiger partial charge in [-0.05, 0) is 25.1 Å². The molecule has 0 aliphatic rings. The zero-order valence-corrected chi connectivity index (χ0v) is 11.6. The molecule has 7 heteroatoms. The smallest absolute Gasteiger partial charge is 0.263 e. The summed E-state index contributed by atoms with van der Waals surface area (Å²) in [5, 5.41) is 8.98. The van der Waals surface area contributed by atoms with E-state index in [1.807, 2.05) is 0 Å². The molecule has 0 unspecified atom stereocenters. The van der Waals surface area contributed by atoms with Gasteiger partial charge in [0, 0.05) is 10.0 Å². The fourth-order valence-electron chi connectivity index (χ4n) is 1.38. The monoisotopic (exact) mass is 327 g/mol. The summed E-state index contributed by atoms with van der Waals surface area (Å²) < 4.78 is 19.1. The lowest BCUT2D eigenvalue weighted by Crippen LogP contribution is -2.21. The minimum absolute atomic E-state index is 0.0275. The van der Waals surface area contributed by atoms with Crippen molar-refractivity contribution in [3.63, 3.8) is 0 Å². The van der Waals surface area contributed by atoms with Gasteiger partial charge in [-0.2, -0.15) is 5.10 Å². The summed E-state index contributed by atoms with van der Waals surface area (Å²) in [4.78, 5) is 11.6. The van der Waals surface area contributed by atoms with E-state index in [0.717, 1.165) is 5.56 Å². The van der Waals surface area contributed by atoms with Crippen molar-refractivity contribution in [2.24, 2.45) is 0 Å². The van der Waals surface area contributed by atoms with E-state index in [1.54, 1.807) is 19.2 Å². The van der Waals surface area contributed by atoms with E-state index in [-0.39, 0.29) is 12.4 Å². The molecule has 0 bridgehead atoms. The van der Waals surface area contributed by atoms with Crippen molar-refractivity contribution in [1.82, 2.24) is 10.2 Å². The SMILES string of the molecule is Cc1cn[nH]c1NC(=O)COc1ccc(Br)cc1F. The predicted octanol–water partition coefficient (Wildman–Crippen LogP) is 2.64. The average Bonchev–Trinajstić information content (AvgIpc) is 2.74. The largest absolute Gasteiger partial charge is 0.481 e. The van der Waals surface area contributed by atoms with Crippen molar-refractivity contribution >= 4 is 27.7 Å². The normalized spacial score (nSPS) is 10.3. The van der Waals surface area contributed by atoms with Crippen LogP contribution >= 0.6 is 15.9 Å². The van der Waals surface area contributed by atoms with Crippen molar-refractivity contribution < 1.29 is 13.9 Å². The molecule has 1 aromatic heterocycles. The number of amides is 1. The fourth-order valence-corrected chi connectivity index (χ4v) is 1.72. The Morgan fingerprint density at radius 1 is 1.58 bits per heavy atom. The Morgan fingerprint density at radius 3 is 3.00 bits per heavy atom. The zero-order chi connectivity index (χ0) is 13.8. The first kappa shape index (κ1) is 13.5. The van der Waals surface area contributed by atoms with Crippen LogP contribution in [0.5, 0.6) is 5.75 Å². The maximum absolute atomic E-state index is 13.4. The molecule has 0 fully saturated rings. The molecule has 0 aliphatic carbocycles. The van der Waals surface area contributed by atoms with Gasteiger partial charge in [0.05, 0.1) is 6.20 Å². The second-order valence-electron chi connectivity index (χ2n) is 3.84. The molecule has 100 valence electrons.